The monoisotopic (exact) mass is 251 g/mol. The van der Waals surface area contributed by atoms with Crippen molar-refractivity contribution in [3.8, 4) is 0 Å². The summed E-state index contributed by atoms with van der Waals surface area (Å²) in [4.78, 5) is 0. The number of nitrogens with two attached hydrogens (primary N) is 2. The van der Waals surface area contributed by atoms with Gasteiger partial charge in [-0.05, 0) is 0 Å². The third-order valence-electron chi connectivity index (χ3n) is 2.39. The van der Waals surface area contributed by atoms with Gasteiger partial charge in [-0.25, -0.2) is 0 Å². The van der Waals surface area contributed by atoms with Gasteiger partial charge in [-0.2, -0.15) is 0 Å². The van der Waals surface area contributed by atoms with Gasteiger partial charge in [0.2, 0.25) is 0 Å². The lowest BCUT2D eigenvalue weighted by molar-refractivity contribution is 0.0701. The SMILES string of the molecule is NCC(O)C[C@H](O)CNC[C@H](O)CC(O)CN. The van der Waals surface area contributed by atoms with Gasteiger partial charge < -0.3 is 37.2 Å². The third kappa shape index (κ3) is 9.42. The lowest BCUT2D eigenvalue weighted by Gasteiger charge is -2.18. The molecule has 2 unspecified atom stereocenters. The van der Waals surface area contributed by atoms with Crippen LogP contribution in [0.4, 0.5) is 0 Å². The van der Waals surface area contributed by atoms with Crippen molar-refractivity contribution in [1.82, 2.24) is 5.32 Å². The molecule has 0 radical (unpaired) electrons. The molecular formula is C10H25N3O4. The third-order valence-corrected chi connectivity index (χ3v) is 2.39. The molecule has 0 bridgehead atoms. The van der Waals surface area contributed by atoms with E-state index in [1.165, 1.54) is 0 Å². The van der Waals surface area contributed by atoms with Crippen LogP contribution >= 0.6 is 0 Å². The summed E-state index contributed by atoms with van der Waals surface area (Å²) in [5, 5.41) is 40.1. The molecule has 0 saturated carbocycles. The Labute approximate surface area is 101 Å². The van der Waals surface area contributed by atoms with Crippen molar-refractivity contribution in [3.63, 3.8) is 0 Å². The lowest BCUT2D eigenvalue weighted by atomic mass is 10.1. The highest BCUT2D eigenvalue weighted by Crippen LogP contribution is 1.98. The van der Waals surface area contributed by atoms with E-state index in [9.17, 15) is 20.4 Å². The zero-order valence-electron chi connectivity index (χ0n) is 10.00. The van der Waals surface area contributed by atoms with E-state index in [4.69, 9.17) is 11.5 Å². The van der Waals surface area contributed by atoms with Crippen molar-refractivity contribution >= 4 is 0 Å². The largest absolute Gasteiger partial charge is 0.392 e. The van der Waals surface area contributed by atoms with E-state index in [-0.39, 0.29) is 39.0 Å². The number of hydrogen-bond acceptors (Lipinski definition) is 7. The average Bonchev–Trinajstić information content (AvgIpc) is 2.28. The molecule has 17 heavy (non-hydrogen) atoms. The van der Waals surface area contributed by atoms with Gasteiger partial charge in [-0.3, -0.25) is 0 Å². The molecule has 0 aromatic carbocycles. The topological polar surface area (TPSA) is 145 Å². The minimum absolute atomic E-state index is 0.113. The average molecular weight is 251 g/mol. The molecule has 7 nitrogen and oxygen atoms in total. The van der Waals surface area contributed by atoms with Gasteiger partial charge in [-0.15, -0.1) is 0 Å². The molecule has 104 valence electrons. The summed E-state index contributed by atoms with van der Waals surface area (Å²) in [5.74, 6) is 0. The van der Waals surface area contributed by atoms with Gasteiger partial charge >= 0.3 is 0 Å². The van der Waals surface area contributed by atoms with Crippen LogP contribution in [0.15, 0.2) is 0 Å². The maximum Gasteiger partial charge on any atom is 0.0689 e. The fourth-order valence-corrected chi connectivity index (χ4v) is 1.40. The summed E-state index contributed by atoms with van der Waals surface area (Å²) < 4.78 is 0. The molecule has 0 aromatic heterocycles. The molecule has 4 atom stereocenters. The van der Waals surface area contributed by atoms with E-state index >= 15 is 0 Å². The van der Waals surface area contributed by atoms with Crippen LogP contribution in [-0.2, 0) is 0 Å². The Morgan fingerprint density at radius 1 is 0.706 bits per heavy atom. The highest BCUT2D eigenvalue weighted by Gasteiger charge is 2.13. The fraction of sp³-hybridized carbons (Fsp3) is 1.00. The van der Waals surface area contributed by atoms with Gasteiger partial charge in [0.1, 0.15) is 0 Å². The second kappa shape index (κ2) is 9.72. The van der Waals surface area contributed by atoms with Crippen molar-refractivity contribution in [2.45, 2.75) is 37.3 Å². The van der Waals surface area contributed by atoms with E-state index in [0.717, 1.165) is 0 Å². The first-order valence-electron chi connectivity index (χ1n) is 5.82. The Kier molecular flexibility index (Phi) is 9.56. The molecule has 0 aliphatic rings. The van der Waals surface area contributed by atoms with Crippen molar-refractivity contribution in [3.05, 3.63) is 0 Å². The Morgan fingerprint density at radius 3 is 1.35 bits per heavy atom. The molecule has 0 aliphatic carbocycles. The number of nitrogens with one attached hydrogen (secondary N) is 1. The van der Waals surface area contributed by atoms with Crippen LogP contribution in [0, 0.1) is 0 Å². The van der Waals surface area contributed by atoms with Crippen LogP contribution in [0.5, 0.6) is 0 Å². The maximum atomic E-state index is 9.46. The Bertz CT molecular complexity index is 167. The first-order chi connectivity index (χ1) is 7.99. The summed E-state index contributed by atoms with van der Waals surface area (Å²) in [5.41, 5.74) is 10.4. The van der Waals surface area contributed by atoms with Crippen LogP contribution < -0.4 is 16.8 Å². The minimum atomic E-state index is -0.712. The zero-order valence-corrected chi connectivity index (χ0v) is 10.00. The molecule has 0 aliphatic heterocycles. The predicted octanol–water partition coefficient (Wildman–Crippen LogP) is -3.28. The summed E-state index contributed by atoms with van der Waals surface area (Å²) >= 11 is 0. The molecule has 0 fully saturated rings. The molecule has 9 N–H and O–H groups in total. The Hall–Kier alpha value is -0.280. The zero-order chi connectivity index (χ0) is 13.3. The van der Waals surface area contributed by atoms with E-state index < -0.39 is 24.4 Å². The first kappa shape index (κ1) is 16.7. The normalized spacial score (nSPS) is 18.7. The summed E-state index contributed by atoms with van der Waals surface area (Å²) in [7, 11) is 0. The molecule has 0 rings (SSSR count). The number of aliphatic hydroxyl groups excluding tert-OH is 4. The van der Waals surface area contributed by atoms with E-state index in [2.05, 4.69) is 5.32 Å². The van der Waals surface area contributed by atoms with E-state index in [1.807, 2.05) is 0 Å². The fourth-order valence-electron chi connectivity index (χ4n) is 1.40. The minimum Gasteiger partial charge on any atom is -0.392 e. The van der Waals surface area contributed by atoms with Crippen LogP contribution in [0.3, 0.4) is 0 Å². The summed E-state index contributed by atoms with van der Waals surface area (Å²) in [6, 6.07) is 0. The van der Waals surface area contributed by atoms with Gasteiger partial charge in [0.05, 0.1) is 24.4 Å². The van der Waals surface area contributed by atoms with Crippen molar-refractivity contribution in [1.29, 1.82) is 0 Å². The number of aliphatic hydroxyl groups is 4. The van der Waals surface area contributed by atoms with Gasteiger partial charge in [-0.1, -0.05) is 0 Å². The first-order valence-corrected chi connectivity index (χ1v) is 5.82. The molecule has 0 spiro atoms. The Morgan fingerprint density at radius 2 is 1.06 bits per heavy atom. The highest BCUT2D eigenvalue weighted by atomic mass is 16.3. The maximum absolute atomic E-state index is 9.46. The predicted molar refractivity (Wildman–Crippen MR) is 64.2 cm³/mol. The summed E-state index contributed by atoms with van der Waals surface area (Å²) in [6.45, 7) is 0.741. The molecule has 7 heteroatoms. The van der Waals surface area contributed by atoms with Crippen molar-refractivity contribution in [2.24, 2.45) is 11.5 Å². The quantitative estimate of drug-likeness (QED) is 0.215. The number of rotatable bonds is 10. The molecule has 0 aromatic rings. The van der Waals surface area contributed by atoms with Crippen molar-refractivity contribution < 1.29 is 20.4 Å². The Balaban J connectivity index is 3.55. The second-order valence-electron chi connectivity index (χ2n) is 4.22. The van der Waals surface area contributed by atoms with Gasteiger partial charge in [0, 0.05) is 39.0 Å². The van der Waals surface area contributed by atoms with Crippen LogP contribution in [0.2, 0.25) is 0 Å². The molecule has 0 saturated heterocycles. The van der Waals surface area contributed by atoms with Crippen LogP contribution in [0.1, 0.15) is 12.8 Å². The molecule has 0 amide bonds. The summed E-state index contributed by atoms with van der Waals surface area (Å²) in [6.07, 6.45) is -2.44. The highest BCUT2D eigenvalue weighted by molar-refractivity contribution is 4.70. The molecular weight excluding hydrogens is 226 g/mol. The van der Waals surface area contributed by atoms with E-state index in [1.54, 1.807) is 0 Å². The standard InChI is InChI=1S/C10H25N3O4/c11-3-7(14)1-9(16)5-13-6-10(17)2-8(15)4-12/h7-10,13-17H,1-6,11-12H2/t7?,8?,9-,10+. The van der Waals surface area contributed by atoms with Crippen molar-refractivity contribution in [2.75, 3.05) is 26.2 Å². The molecule has 0 heterocycles. The smallest absolute Gasteiger partial charge is 0.0689 e. The van der Waals surface area contributed by atoms with Gasteiger partial charge in [0.25, 0.3) is 0 Å². The number of hydrogen-bond donors (Lipinski definition) is 7. The van der Waals surface area contributed by atoms with Crippen LogP contribution in [-0.4, -0.2) is 71.0 Å². The lowest BCUT2D eigenvalue weighted by Crippen LogP contribution is -2.37. The van der Waals surface area contributed by atoms with Crippen LogP contribution in [0.25, 0.3) is 0 Å². The van der Waals surface area contributed by atoms with Gasteiger partial charge in [0.15, 0.2) is 0 Å². The second-order valence-corrected chi connectivity index (χ2v) is 4.22. The van der Waals surface area contributed by atoms with E-state index in [0.29, 0.717) is 0 Å².